The summed E-state index contributed by atoms with van der Waals surface area (Å²) in [5, 5.41) is 2.16. The van der Waals surface area contributed by atoms with Gasteiger partial charge < -0.3 is 9.55 Å². The second-order valence-corrected chi connectivity index (χ2v) is 4.37. The smallest absolute Gasteiger partial charge is 0.177 e. The highest BCUT2D eigenvalue weighted by molar-refractivity contribution is 7.71. The van der Waals surface area contributed by atoms with Gasteiger partial charge in [-0.2, -0.15) is 0 Å². The quantitative estimate of drug-likeness (QED) is 0.756. The van der Waals surface area contributed by atoms with Crippen LogP contribution in [0.5, 0.6) is 0 Å². The SMILES string of the molecule is Cc1csc(Cn2cc[nH]c2=S)c1. The molecular weight excluding hydrogens is 200 g/mol. The first-order valence-corrected chi connectivity index (χ1v) is 5.32. The summed E-state index contributed by atoms with van der Waals surface area (Å²) in [6, 6.07) is 2.19. The van der Waals surface area contributed by atoms with E-state index in [1.54, 1.807) is 11.3 Å². The van der Waals surface area contributed by atoms with E-state index in [4.69, 9.17) is 12.2 Å². The predicted octanol–water partition coefficient (Wildman–Crippen LogP) is 2.96. The molecule has 13 heavy (non-hydrogen) atoms. The van der Waals surface area contributed by atoms with Crippen LogP contribution in [0.15, 0.2) is 23.8 Å². The molecule has 0 saturated carbocycles. The molecule has 2 rings (SSSR count). The fourth-order valence-electron chi connectivity index (χ4n) is 1.22. The Labute approximate surface area is 85.9 Å². The lowest BCUT2D eigenvalue weighted by atomic mass is 10.3. The lowest BCUT2D eigenvalue weighted by Crippen LogP contribution is -1.95. The normalized spacial score (nSPS) is 10.5. The monoisotopic (exact) mass is 210 g/mol. The van der Waals surface area contributed by atoms with E-state index in [-0.39, 0.29) is 0 Å². The van der Waals surface area contributed by atoms with E-state index in [0.29, 0.717) is 0 Å². The third-order valence-corrected chi connectivity index (χ3v) is 3.22. The fourth-order valence-corrected chi connectivity index (χ4v) is 2.28. The molecule has 0 bridgehead atoms. The van der Waals surface area contributed by atoms with Crippen molar-refractivity contribution in [1.29, 1.82) is 0 Å². The van der Waals surface area contributed by atoms with Gasteiger partial charge in [0, 0.05) is 17.3 Å². The van der Waals surface area contributed by atoms with Crippen LogP contribution in [0, 0.1) is 11.7 Å². The summed E-state index contributed by atoms with van der Waals surface area (Å²) < 4.78 is 2.81. The van der Waals surface area contributed by atoms with Gasteiger partial charge in [0.15, 0.2) is 4.77 Å². The minimum absolute atomic E-state index is 0.783. The van der Waals surface area contributed by atoms with Crippen molar-refractivity contribution in [2.24, 2.45) is 0 Å². The summed E-state index contributed by atoms with van der Waals surface area (Å²) in [7, 11) is 0. The van der Waals surface area contributed by atoms with Crippen molar-refractivity contribution in [1.82, 2.24) is 9.55 Å². The molecule has 0 saturated heterocycles. The Kier molecular flexibility index (Phi) is 2.33. The Morgan fingerprint density at radius 3 is 3.00 bits per heavy atom. The van der Waals surface area contributed by atoms with Gasteiger partial charge in [-0.3, -0.25) is 0 Å². The number of nitrogens with zero attached hydrogens (tertiary/aromatic N) is 1. The zero-order valence-electron chi connectivity index (χ0n) is 7.28. The molecule has 4 heteroatoms. The van der Waals surface area contributed by atoms with E-state index in [9.17, 15) is 0 Å². The molecule has 0 unspecified atom stereocenters. The maximum atomic E-state index is 5.10. The van der Waals surface area contributed by atoms with Gasteiger partial charge in [0.25, 0.3) is 0 Å². The molecule has 2 nitrogen and oxygen atoms in total. The average molecular weight is 210 g/mol. The molecule has 2 heterocycles. The third-order valence-electron chi connectivity index (χ3n) is 1.83. The van der Waals surface area contributed by atoms with Gasteiger partial charge in [-0.05, 0) is 36.2 Å². The number of aryl methyl sites for hydroxylation is 1. The first-order valence-electron chi connectivity index (χ1n) is 4.03. The van der Waals surface area contributed by atoms with Crippen LogP contribution in [0.25, 0.3) is 0 Å². The summed E-state index contributed by atoms with van der Waals surface area (Å²) in [5.74, 6) is 0. The van der Waals surface area contributed by atoms with E-state index < -0.39 is 0 Å². The van der Waals surface area contributed by atoms with E-state index in [0.717, 1.165) is 11.3 Å². The van der Waals surface area contributed by atoms with Crippen molar-refractivity contribution in [3.63, 3.8) is 0 Å². The van der Waals surface area contributed by atoms with Crippen molar-refractivity contribution in [2.75, 3.05) is 0 Å². The lowest BCUT2D eigenvalue weighted by molar-refractivity contribution is 0.795. The van der Waals surface area contributed by atoms with E-state index in [1.165, 1.54) is 10.4 Å². The Morgan fingerprint density at radius 2 is 2.46 bits per heavy atom. The van der Waals surface area contributed by atoms with Crippen molar-refractivity contribution in [3.8, 4) is 0 Å². The number of hydrogen-bond acceptors (Lipinski definition) is 2. The molecule has 0 aliphatic carbocycles. The molecule has 0 amide bonds. The van der Waals surface area contributed by atoms with Crippen molar-refractivity contribution in [3.05, 3.63) is 39.1 Å². The van der Waals surface area contributed by atoms with Crippen molar-refractivity contribution >= 4 is 23.6 Å². The number of aromatic nitrogens is 2. The Balaban J connectivity index is 2.24. The molecular formula is C9H10N2S2. The van der Waals surface area contributed by atoms with Crippen LogP contribution in [0.4, 0.5) is 0 Å². The van der Waals surface area contributed by atoms with Gasteiger partial charge in [-0.15, -0.1) is 11.3 Å². The fraction of sp³-hybridized carbons (Fsp3) is 0.222. The van der Waals surface area contributed by atoms with Crippen molar-refractivity contribution < 1.29 is 0 Å². The highest BCUT2D eigenvalue weighted by Gasteiger charge is 1.98. The topological polar surface area (TPSA) is 20.7 Å². The van der Waals surface area contributed by atoms with Gasteiger partial charge in [0.1, 0.15) is 0 Å². The highest BCUT2D eigenvalue weighted by atomic mass is 32.1. The largest absolute Gasteiger partial charge is 0.337 e. The van der Waals surface area contributed by atoms with Gasteiger partial charge in [-0.25, -0.2) is 0 Å². The van der Waals surface area contributed by atoms with Gasteiger partial charge in [0.2, 0.25) is 0 Å². The lowest BCUT2D eigenvalue weighted by Gasteiger charge is -1.97. The first-order chi connectivity index (χ1) is 6.25. The maximum absolute atomic E-state index is 5.10. The first kappa shape index (κ1) is 8.72. The molecule has 0 spiro atoms. The van der Waals surface area contributed by atoms with Gasteiger partial charge in [-0.1, -0.05) is 0 Å². The summed E-state index contributed by atoms with van der Waals surface area (Å²) in [6.45, 7) is 2.98. The van der Waals surface area contributed by atoms with Crippen LogP contribution < -0.4 is 0 Å². The zero-order chi connectivity index (χ0) is 9.26. The molecule has 0 atom stereocenters. The molecule has 0 fully saturated rings. The van der Waals surface area contributed by atoms with Crippen molar-refractivity contribution in [2.45, 2.75) is 13.5 Å². The third kappa shape index (κ3) is 1.89. The van der Waals surface area contributed by atoms with Gasteiger partial charge in [0.05, 0.1) is 6.54 Å². The van der Waals surface area contributed by atoms with Crippen LogP contribution in [-0.4, -0.2) is 9.55 Å². The van der Waals surface area contributed by atoms with Gasteiger partial charge >= 0.3 is 0 Å². The highest BCUT2D eigenvalue weighted by Crippen LogP contribution is 2.14. The second-order valence-electron chi connectivity index (χ2n) is 2.98. The minimum Gasteiger partial charge on any atom is -0.337 e. The number of rotatable bonds is 2. The summed E-state index contributed by atoms with van der Waals surface area (Å²) in [4.78, 5) is 4.32. The van der Waals surface area contributed by atoms with Crippen LogP contribution >= 0.6 is 23.6 Å². The summed E-state index contributed by atoms with van der Waals surface area (Å²) in [6.07, 6.45) is 3.83. The zero-order valence-corrected chi connectivity index (χ0v) is 8.91. The molecule has 2 aromatic rings. The molecule has 0 aliphatic heterocycles. The molecule has 2 aromatic heterocycles. The minimum atomic E-state index is 0.783. The van der Waals surface area contributed by atoms with Crippen LogP contribution in [-0.2, 0) is 6.54 Å². The molecule has 1 N–H and O–H groups in total. The number of thiophene rings is 1. The van der Waals surface area contributed by atoms with Crippen LogP contribution in [0.3, 0.4) is 0 Å². The molecule has 68 valence electrons. The Morgan fingerprint density at radius 1 is 1.62 bits per heavy atom. The number of hydrogen-bond donors (Lipinski definition) is 1. The number of imidazole rings is 1. The molecule has 0 aliphatic rings. The molecule has 0 aromatic carbocycles. The Bertz CT molecular complexity index is 450. The van der Waals surface area contributed by atoms with E-state index in [1.807, 2.05) is 17.0 Å². The predicted molar refractivity (Wildman–Crippen MR) is 57.8 cm³/mol. The number of aromatic amines is 1. The average Bonchev–Trinajstić information content (AvgIpc) is 2.64. The molecule has 0 radical (unpaired) electrons. The summed E-state index contributed by atoms with van der Waals surface area (Å²) in [5.41, 5.74) is 1.32. The number of H-pyrrole nitrogens is 1. The standard InChI is InChI=1S/C9H10N2S2/c1-7-4-8(13-6-7)5-11-3-2-10-9(11)12/h2-4,6H,5H2,1H3,(H,10,12). The Hall–Kier alpha value is -0.870. The summed E-state index contributed by atoms with van der Waals surface area (Å²) >= 11 is 6.88. The van der Waals surface area contributed by atoms with E-state index >= 15 is 0 Å². The number of nitrogens with one attached hydrogen (secondary N) is 1. The second kappa shape index (κ2) is 3.47. The van der Waals surface area contributed by atoms with Crippen LogP contribution in [0.1, 0.15) is 10.4 Å². The maximum Gasteiger partial charge on any atom is 0.177 e. The van der Waals surface area contributed by atoms with Crippen LogP contribution in [0.2, 0.25) is 0 Å². The van der Waals surface area contributed by atoms with E-state index in [2.05, 4.69) is 23.4 Å².